The van der Waals surface area contributed by atoms with Crippen LogP contribution in [0.5, 0.6) is 5.75 Å². The van der Waals surface area contributed by atoms with Crippen LogP contribution in [0.15, 0.2) is 85.2 Å². The Hall–Kier alpha value is -2.95. The average molecular weight is 409 g/mol. The highest BCUT2D eigenvalue weighted by molar-refractivity contribution is 5.87. The summed E-state index contributed by atoms with van der Waals surface area (Å²) in [5.41, 5.74) is 3.36. The second-order valence-corrected chi connectivity index (χ2v) is 6.73. The molecule has 1 heterocycles. The molecule has 4 rings (SSSR count). The second kappa shape index (κ2) is 10.0. The molecular weight excluding hydrogens is 387 g/mol. The number of hydrogen-bond acceptors (Lipinski definition) is 2. The molecule has 0 spiro atoms. The Morgan fingerprint density at radius 1 is 0.793 bits per heavy atom. The van der Waals surface area contributed by atoms with E-state index >= 15 is 0 Å². The topological polar surface area (TPSA) is 38.7 Å². The molecule has 0 radical (unpaired) electrons. The van der Waals surface area contributed by atoms with Crippen LogP contribution in [-0.2, 0) is 19.7 Å². The van der Waals surface area contributed by atoms with Gasteiger partial charge in [0.2, 0.25) is 0 Å². The monoisotopic (exact) mass is 408 g/mol. The molecule has 0 amide bonds. The maximum absolute atomic E-state index is 13.1. The SMILES string of the molecule is Fc1ccc(COc2ccc3ccccc3c2C[NH2+]Cc2ccncc2)cc1.[Cl-]. The van der Waals surface area contributed by atoms with Crippen LogP contribution >= 0.6 is 0 Å². The summed E-state index contributed by atoms with van der Waals surface area (Å²) < 4.78 is 19.2. The molecule has 0 fully saturated rings. The maximum atomic E-state index is 13.1. The number of nitrogens with zero attached hydrogens (tertiary/aromatic N) is 1. The van der Waals surface area contributed by atoms with Gasteiger partial charge in [0.25, 0.3) is 0 Å². The maximum Gasteiger partial charge on any atom is 0.129 e. The fourth-order valence-corrected chi connectivity index (χ4v) is 3.31. The molecule has 2 N–H and O–H groups in total. The van der Waals surface area contributed by atoms with Crippen molar-refractivity contribution in [3.05, 3.63) is 108 Å². The van der Waals surface area contributed by atoms with E-state index in [1.54, 1.807) is 12.1 Å². The minimum atomic E-state index is -0.235. The number of hydrogen-bond donors (Lipinski definition) is 1. The summed E-state index contributed by atoms with van der Waals surface area (Å²) in [5, 5.41) is 4.66. The molecule has 0 atom stereocenters. The van der Waals surface area contributed by atoms with Gasteiger partial charge in [-0.2, -0.15) is 0 Å². The summed E-state index contributed by atoms with van der Waals surface area (Å²) in [7, 11) is 0. The zero-order valence-electron chi connectivity index (χ0n) is 15.9. The fourth-order valence-electron chi connectivity index (χ4n) is 3.31. The summed E-state index contributed by atoms with van der Waals surface area (Å²) in [4.78, 5) is 4.07. The number of benzene rings is 3. The standard InChI is InChI=1S/C24H21FN2O.ClH/c25-21-8-5-19(6-9-21)17-28-24-10-7-20-3-1-2-4-22(20)23(24)16-27-15-18-11-13-26-14-12-18;/h1-14,27H,15-17H2;1H. The molecule has 29 heavy (non-hydrogen) atoms. The summed E-state index contributed by atoms with van der Waals surface area (Å²) in [6.07, 6.45) is 3.64. The van der Waals surface area contributed by atoms with Gasteiger partial charge in [-0.15, -0.1) is 0 Å². The zero-order chi connectivity index (χ0) is 19.2. The Labute approximate surface area is 176 Å². The molecular formula is C24H22ClFN2O. The van der Waals surface area contributed by atoms with E-state index < -0.39 is 0 Å². The minimum Gasteiger partial charge on any atom is -1.00 e. The Morgan fingerprint density at radius 2 is 1.55 bits per heavy atom. The molecule has 0 aliphatic carbocycles. The van der Waals surface area contributed by atoms with Crippen LogP contribution in [0, 0.1) is 5.82 Å². The summed E-state index contributed by atoms with van der Waals surface area (Å²) in [5.74, 6) is 0.634. The van der Waals surface area contributed by atoms with Crippen molar-refractivity contribution in [2.75, 3.05) is 0 Å². The highest BCUT2D eigenvalue weighted by Gasteiger charge is 2.11. The third-order valence-corrected chi connectivity index (χ3v) is 4.78. The lowest BCUT2D eigenvalue weighted by Gasteiger charge is -2.14. The van der Waals surface area contributed by atoms with Crippen LogP contribution in [-0.4, -0.2) is 4.98 Å². The first-order valence-electron chi connectivity index (χ1n) is 9.38. The fraction of sp³-hybridized carbons (Fsp3) is 0.125. The molecule has 1 aromatic heterocycles. The van der Waals surface area contributed by atoms with Gasteiger partial charge in [-0.05, 0) is 46.7 Å². The summed E-state index contributed by atoms with van der Waals surface area (Å²) >= 11 is 0. The van der Waals surface area contributed by atoms with Crippen LogP contribution < -0.4 is 22.5 Å². The summed E-state index contributed by atoms with van der Waals surface area (Å²) in [6, 6.07) is 23.0. The van der Waals surface area contributed by atoms with E-state index in [1.807, 2.05) is 36.7 Å². The lowest BCUT2D eigenvalue weighted by molar-refractivity contribution is -0.686. The molecule has 3 aromatic carbocycles. The van der Waals surface area contributed by atoms with Gasteiger partial charge in [0.15, 0.2) is 0 Å². The molecule has 0 bridgehead atoms. The van der Waals surface area contributed by atoms with Crippen molar-refractivity contribution in [3.8, 4) is 5.75 Å². The van der Waals surface area contributed by atoms with Crippen LogP contribution in [0.3, 0.4) is 0 Å². The number of ether oxygens (including phenoxy) is 1. The molecule has 0 saturated heterocycles. The molecule has 0 aliphatic rings. The lowest BCUT2D eigenvalue weighted by atomic mass is 10.0. The zero-order valence-corrected chi connectivity index (χ0v) is 16.6. The smallest absolute Gasteiger partial charge is 0.129 e. The van der Waals surface area contributed by atoms with E-state index in [-0.39, 0.29) is 18.2 Å². The van der Waals surface area contributed by atoms with Crippen molar-refractivity contribution in [2.24, 2.45) is 0 Å². The number of quaternary nitrogens is 1. The molecule has 5 heteroatoms. The van der Waals surface area contributed by atoms with Gasteiger partial charge in [-0.25, -0.2) is 4.39 Å². The number of fused-ring (bicyclic) bond motifs is 1. The Bertz CT molecular complexity index is 1060. The van der Waals surface area contributed by atoms with Gasteiger partial charge < -0.3 is 22.5 Å². The van der Waals surface area contributed by atoms with Crippen LogP contribution in [0.4, 0.5) is 4.39 Å². The molecule has 0 saturated carbocycles. The third-order valence-electron chi connectivity index (χ3n) is 4.78. The van der Waals surface area contributed by atoms with E-state index in [0.717, 1.165) is 24.4 Å². The first-order chi connectivity index (χ1) is 13.8. The predicted octanol–water partition coefficient (Wildman–Crippen LogP) is 1.22. The van der Waals surface area contributed by atoms with E-state index in [9.17, 15) is 4.39 Å². The quantitative estimate of drug-likeness (QED) is 0.499. The minimum absolute atomic E-state index is 0. The number of nitrogens with two attached hydrogens (primary N) is 1. The van der Waals surface area contributed by atoms with E-state index in [4.69, 9.17) is 4.74 Å². The highest BCUT2D eigenvalue weighted by atomic mass is 35.5. The van der Waals surface area contributed by atoms with Gasteiger partial charge >= 0.3 is 0 Å². The van der Waals surface area contributed by atoms with E-state index in [2.05, 4.69) is 34.6 Å². The van der Waals surface area contributed by atoms with Crippen LogP contribution in [0.1, 0.15) is 16.7 Å². The van der Waals surface area contributed by atoms with Gasteiger partial charge in [0, 0.05) is 18.0 Å². The Balaban J connectivity index is 0.00000240. The van der Waals surface area contributed by atoms with Gasteiger partial charge in [0.1, 0.15) is 31.3 Å². The van der Waals surface area contributed by atoms with Gasteiger partial charge in [-0.3, -0.25) is 4.98 Å². The predicted molar refractivity (Wildman–Crippen MR) is 108 cm³/mol. The second-order valence-electron chi connectivity index (χ2n) is 6.73. The van der Waals surface area contributed by atoms with Crippen molar-refractivity contribution < 1.29 is 26.9 Å². The average Bonchev–Trinajstić information content (AvgIpc) is 2.75. The van der Waals surface area contributed by atoms with E-state index in [1.165, 1.54) is 34.0 Å². The number of halogens is 2. The highest BCUT2D eigenvalue weighted by Crippen LogP contribution is 2.28. The van der Waals surface area contributed by atoms with Crippen molar-refractivity contribution in [2.45, 2.75) is 19.7 Å². The number of aromatic nitrogens is 1. The normalized spacial score (nSPS) is 10.5. The van der Waals surface area contributed by atoms with E-state index in [0.29, 0.717) is 6.61 Å². The number of rotatable bonds is 7. The van der Waals surface area contributed by atoms with Crippen molar-refractivity contribution in [1.29, 1.82) is 0 Å². The first kappa shape index (κ1) is 20.8. The summed E-state index contributed by atoms with van der Waals surface area (Å²) in [6.45, 7) is 2.10. The van der Waals surface area contributed by atoms with Crippen LogP contribution in [0.2, 0.25) is 0 Å². The Kier molecular flexibility index (Phi) is 7.17. The molecule has 3 nitrogen and oxygen atoms in total. The van der Waals surface area contributed by atoms with Crippen molar-refractivity contribution in [1.82, 2.24) is 4.98 Å². The molecule has 4 aromatic rings. The lowest BCUT2D eigenvalue weighted by Crippen LogP contribution is -3.00. The first-order valence-corrected chi connectivity index (χ1v) is 9.38. The molecule has 0 unspecified atom stereocenters. The van der Waals surface area contributed by atoms with Gasteiger partial charge in [-0.1, -0.05) is 42.5 Å². The molecule has 0 aliphatic heterocycles. The third kappa shape index (κ3) is 5.31. The van der Waals surface area contributed by atoms with Gasteiger partial charge in [0.05, 0.1) is 5.56 Å². The van der Waals surface area contributed by atoms with Crippen molar-refractivity contribution >= 4 is 10.8 Å². The van der Waals surface area contributed by atoms with Crippen molar-refractivity contribution in [3.63, 3.8) is 0 Å². The number of pyridine rings is 1. The largest absolute Gasteiger partial charge is 1.00 e. The van der Waals surface area contributed by atoms with Crippen LogP contribution in [0.25, 0.3) is 10.8 Å². The molecule has 148 valence electrons. The Morgan fingerprint density at radius 3 is 2.34 bits per heavy atom.